The van der Waals surface area contributed by atoms with Gasteiger partial charge in [0.25, 0.3) is 0 Å². The molecule has 88 valence electrons. The predicted molar refractivity (Wildman–Crippen MR) is 56.6 cm³/mol. The second-order valence-corrected chi connectivity index (χ2v) is 4.34. The van der Waals surface area contributed by atoms with E-state index in [4.69, 9.17) is 4.74 Å². The molecule has 1 fully saturated rings. The molecule has 0 saturated carbocycles. The number of nitrogens with zero attached hydrogens (tertiary/aromatic N) is 1. The predicted octanol–water partition coefficient (Wildman–Crippen LogP) is -0.794. The molecule has 0 atom stereocenters. The standard InChI is InChI=1S/C10H20N2O3/c1-10(14)7-12(8-10)6-9(13)11-4-3-5-15-2/h14H,3-8H2,1-2H3,(H,11,13). The van der Waals surface area contributed by atoms with Gasteiger partial charge in [-0.05, 0) is 13.3 Å². The first-order valence-corrected chi connectivity index (χ1v) is 5.24. The Morgan fingerprint density at radius 1 is 1.60 bits per heavy atom. The third-order valence-electron chi connectivity index (χ3n) is 2.34. The number of carbonyl (C=O) groups excluding carboxylic acids is 1. The highest BCUT2D eigenvalue weighted by Crippen LogP contribution is 2.18. The maximum Gasteiger partial charge on any atom is 0.234 e. The molecule has 5 nitrogen and oxygen atoms in total. The summed E-state index contributed by atoms with van der Waals surface area (Å²) in [5, 5.41) is 12.3. The van der Waals surface area contributed by atoms with Gasteiger partial charge in [0.15, 0.2) is 0 Å². The zero-order valence-electron chi connectivity index (χ0n) is 9.45. The molecule has 1 saturated heterocycles. The van der Waals surface area contributed by atoms with Gasteiger partial charge in [-0.25, -0.2) is 0 Å². The van der Waals surface area contributed by atoms with E-state index in [0.717, 1.165) is 6.42 Å². The van der Waals surface area contributed by atoms with Gasteiger partial charge in [0, 0.05) is 33.4 Å². The molecular formula is C10H20N2O3. The molecule has 0 unspecified atom stereocenters. The van der Waals surface area contributed by atoms with Crippen LogP contribution in [0, 0.1) is 0 Å². The number of rotatable bonds is 6. The van der Waals surface area contributed by atoms with Gasteiger partial charge in [-0.1, -0.05) is 0 Å². The van der Waals surface area contributed by atoms with E-state index < -0.39 is 5.60 Å². The van der Waals surface area contributed by atoms with E-state index in [1.54, 1.807) is 14.0 Å². The molecule has 0 bridgehead atoms. The van der Waals surface area contributed by atoms with Gasteiger partial charge in [0.2, 0.25) is 5.91 Å². The minimum atomic E-state index is -0.601. The van der Waals surface area contributed by atoms with Crippen LogP contribution in [-0.4, -0.2) is 61.4 Å². The van der Waals surface area contributed by atoms with Crippen molar-refractivity contribution in [2.24, 2.45) is 0 Å². The van der Waals surface area contributed by atoms with Gasteiger partial charge < -0.3 is 15.2 Å². The molecule has 0 spiro atoms. The van der Waals surface area contributed by atoms with Crippen LogP contribution in [0.1, 0.15) is 13.3 Å². The normalized spacial score (nSPS) is 19.7. The average molecular weight is 216 g/mol. The van der Waals surface area contributed by atoms with Crippen molar-refractivity contribution in [1.82, 2.24) is 10.2 Å². The lowest BCUT2D eigenvalue weighted by Gasteiger charge is -2.43. The summed E-state index contributed by atoms with van der Waals surface area (Å²) in [6.07, 6.45) is 0.833. The second-order valence-electron chi connectivity index (χ2n) is 4.34. The van der Waals surface area contributed by atoms with E-state index in [1.807, 2.05) is 4.90 Å². The van der Waals surface area contributed by atoms with E-state index in [2.05, 4.69) is 5.32 Å². The number of likely N-dealkylation sites (tertiary alicyclic amines) is 1. The van der Waals surface area contributed by atoms with Crippen LogP contribution in [0.2, 0.25) is 0 Å². The molecule has 0 aliphatic carbocycles. The lowest BCUT2D eigenvalue weighted by atomic mass is 9.97. The molecule has 0 aromatic heterocycles. The maximum atomic E-state index is 11.3. The van der Waals surface area contributed by atoms with Crippen molar-refractivity contribution in [3.05, 3.63) is 0 Å². The fourth-order valence-corrected chi connectivity index (χ4v) is 1.73. The van der Waals surface area contributed by atoms with Gasteiger partial charge in [0.05, 0.1) is 12.1 Å². The van der Waals surface area contributed by atoms with Crippen molar-refractivity contribution in [2.45, 2.75) is 18.9 Å². The third-order valence-corrected chi connectivity index (χ3v) is 2.34. The summed E-state index contributed by atoms with van der Waals surface area (Å²) in [7, 11) is 1.64. The Balaban J connectivity index is 2.00. The number of amides is 1. The molecular weight excluding hydrogens is 196 g/mol. The number of hydrogen-bond donors (Lipinski definition) is 2. The maximum absolute atomic E-state index is 11.3. The lowest BCUT2D eigenvalue weighted by Crippen LogP contribution is -2.61. The number of ether oxygens (including phenoxy) is 1. The third kappa shape index (κ3) is 4.59. The second kappa shape index (κ2) is 5.44. The smallest absolute Gasteiger partial charge is 0.234 e. The van der Waals surface area contributed by atoms with Gasteiger partial charge in [0.1, 0.15) is 0 Å². The lowest BCUT2D eigenvalue weighted by molar-refractivity contribution is -0.130. The first kappa shape index (κ1) is 12.4. The Labute approximate surface area is 90.4 Å². The quantitative estimate of drug-likeness (QED) is 0.571. The highest BCUT2D eigenvalue weighted by atomic mass is 16.5. The highest BCUT2D eigenvalue weighted by Gasteiger charge is 2.36. The summed E-state index contributed by atoms with van der Waals surface area (Å²) in [6, 6.07) is 0. The molecule has 1 heterocycles. The summed E-state index contributed by atoms with van der Waals surface area (Å²) < 4.78 is 4.87. The summed E-state index contributed by atoms with van der Waals surface area (Å²) in [4.78, 5) is 13.3. The largest absolute Gasteiger partial charge is 0.388 e. The number of aliphatic hydroxyl groups is 1. The topological polar surface area (TPSA) is 61.8 Å². The first-order chi connectivity index (χ1) is 7.03. The number of nitrogens with one attached hydrogen (secondary N) is 1. The van der Waals surface area contributed by atoms with Crippen LogP contribution in [0.5, 0.6) is 0 Å². The fourth-order valence-electron chi connectivity index (χ4n) is 1.73. The van der Waals surface area contributed by atoms with Crippen molar-refractivity contribution >= 4 is 5.91 Å². The zero-order valence-corrected chi connectivity index (χ0v) is 9.45. The van der Waals surface area contributed by atoms with Crippen LogP contribution in [0.25, 0.3) is 0 Å². The monoisotopic (exact) mass is 216 g/mol. The number of methoxy groups -OCH3 is 1. The Kier molecular flexibility index (Phi) is 4.50. The number of carbonyl (C=O) groups is 1. The Hall–Kier alpha value is -0.650. The van der Waals surface area contributed by atoms with E-state index in [1.165, 1.54) is 0 Å². The van der Waals surface area contributed by atoms with E-state index in [-0.39, 0.29) is 5.91 Å². The van der Waals surface area contributed by atoms with Crippen LogP contribution >= 0.6 is 0 Å². The molecule has 1 aliphatic heterocycles. The summed E-state index contributed by atoms with van der Waals surface area (Å²) in [5.74, 6) is 0.0154. The van der Waals surface area contributed by atoms with Crippen LogP contribution < -0.4 is 5.32 Å². The molecule has 1 aliphatic rings. The van der Waals surface area contributed by atoms with Crippen LogP contribution in [0.3, 0.4) is 0 Å². The van der Waals surface area contributed by atoms with E-state index in [9.17, 15) is 9.90 Å². The Morgan fingerprint density at radius 2 is 2.27 bits per heavy atom. The molecule has 1 amide bonds. The SMILES string of the molecule is COCCCNC(=O)CN1CC(C)(O)C1. The molecule has 1 rings (SSSR count). The minimum Gasteiger partial charge on any atom is -0.388 e. The van der Waals surface area contributed by atoms with Crippen molar-refractivity contribution in [3.8, 4) is 0 Å². The summed E-state index contributed by atoms with van der Waals surface area (Å²) >= 11 is 0. The van der Waals surface area contributed by atoms with Crippen LogP contribution in [0.4, 0.5) is 0 Å². The fraction of sp³-hybridized carbons (Fsp3) is 0.900. The van der Waals surface area contributed by atoms with Gasteiger partial charge in [-0.2, -0.15) is 0 Å². The number of β-amino-alcohol motifs (C(OH)–C–C–N with tert-alkyl or cyclic N) is 1. The van der Waals surface area contributed by atoms with Crippen molar-refractivity contribution in [3.63, 3.8) is 0 Å². The van der Waals surface area contributed by atoms with Crippen LogP contribution in [0.15, 0.2) is 0 Å². The van der Waals surface area contributed by atoms with Gasteiger partial charge in [-0.3, -0.25) is 9.69 Å². The molecule has 0 aromatic rings. The summed E-state index contributed by atoms with van der Waals surface area (Å²) in [5.41, 5.74) is -0.601. The molecule has 0 radical (unpaired) electrons. The van der Waals surface area contributed by atoms with E-state index >= 15 is 0 Å². The first-order valence-electron chi connectivity index (χ1n) is 5.24. The van der Waals surface area contributed by atoms with Crippen LogP contribution in [-0.2, 0) is 9.53 Å². The Morgan fingerprint density at radius 3 is 2.80 bits per heavy atom. The Bertz CT molecular complexity index is 211. The van der Waals surface area contributed by atoms with Crippen molar-refractivity contribution in [2.75, 3.05) is 39.9 Å². The van der Waals surface area contributed by atoms with Gasteiger partial charge in [-0.15, -0.1) is 0 Å². The molecule has 2 N–H and O–H groups in total. The van der Waals surface area contributed by atoms with Crippen molar-refractivity contribution in [1.29, 1.82) is 0 Å². The number of hydrogen-bond acceptors (Lipinski definition) is 4. The highest BCUT2D eigenvalue weighted by molar-refractivity contribution is 5.78. The van der Waals surface area contributed by atoms with Gasteiger partial charge >= 0.3 is 0 Å². The molecule has 0 aromatic carbocycles. The molecule has 5 heteroatoms. The van der Waals surface area contributed by atoms with Crippen molar-refractivity contribution < 1.29 is 14.6 Å². The summed E-state index contributed by atoms with van der Waals surface area (Å²) in [6.45, 7) is 4.63. The molecule has 15 heavy (non-hydrogen) atoms. The zero-order chi connectivity index (χ0) is 11.3. The van der Waals surface area contributed by atoms with E-state index in [0.29, 0.717) is 32.8 Å². The average Bonchev–Trinajstić information content (AvgIpc) is 2.09. The minimum absolute atomic E-state index is 0.0154.